The van der Waals surface area contributed by atoms with Gasteiger partial charge in [-0.3, -0.25) is 4.98 Å². The van der Waals surface area contributed by atoms with Crippen LogP contribution in [-0.2, 0) is 41.1 Å². The van der Waals surface area contributed by atoms with E-state index < -0.39 is 15.4 Å². The predicted octanol–water partition coefficient (Wildman–Crippen LogP) is 9.01. The molecule has 2 aliphatic heterocycles. The van der Waals surface area contributed by atoms with Crippen LogP contribution < -0.4 is 4.72 Å². The molecule has 0 saturated carbocycles. The van der Waals surface area contributed by atoms with Gasteiger partial charge in [-0.25, -0.2) is 18.1 Å². The quantitative estimate of drug-likeness (QED) is 0.125. The summed E-state index contributed by atoms with van der Waals surface area (Å²) in [6.45, 7) is 18.6. The summed E-state index contributed by atoms with van der Waals surface area (Å²) in [5, 5.41) is 0.793. The summed E-state index contributed by atoms with van der Waals surface area (Å²) in [6.07, 6.45) is 6.78. The number of aromatic nitrogens is 4. The SMILES string of the molecule is CCC1=C(CC)c2nc1cc1[nH]c(cc3[nH]c(cc4nc5c(cc(S(=O)(=O)NCCN(C)C)cc25)C4(CC)CC)c(CC)c3CC)c(CC)c1CC.[In]. The van der Waals surface area contributed by atoms with E-state index in [-0.39, 0.29) is 30.7 Å². The summed E-state index contributed by atoms with van der Waals surface area (Å²) in [5.41, 5.74) is 16.2. The van der Waals surface area contributed by atoms with Gasteiger partial charge in [0.1, 0.15) is 0 Å². The van der Waals surface area contributed by atoms with E-state index in [9.17, 15) is 8.42 Å². The number of nitrogens with zero attached hydrogens (tertiary/aromatic N) is 3. The first-order chi connectivity index (χ1) is 24.9. The third-order valence-corrected chi connectivity index (χ3v) is 13.1. The van der Waals surface area contributed by atoms with Crippen molar-refractivity contribution in [1.29, 1.82) is 0 Å². The number of likely N-dealkylation sites (N-methyl/N-ethyl adjacent to an activating group) is 1. The fourth-order valence-corrected chi connectivity index (χ4v) is 9.96. The molecule has 2 aliphatic rings. The van der Waals surface area contributed by atoms with Crippen molar-refractivity contribution in [3.63, 3.8) is 0 Å². The molecular formula is C43H58InN6O2S. The van der Waals surface area contributed by atoms with Crippen LogP contribution in [0.3, 0.4) is 0 Å². The van der Waals surface area contributed by atoms with E-state index in [2.05, 4.69) is 88.3 Å². The van der Waals surface area contributed by atoms with Crippen LogP contribution in [0.1, 0.15) is 126 Å². The number of fused-ring (bicyclic) bond motifs is 8. The summed E-state index contributed by atoms with van der Waals surface area (Å²) in [4.78, 5) is 20.9. The number of hydrogen-bond donors (Lipinski definition) is 3. The van der Waals surface area contributed by atoms with Crippen molar-refractivity contribution in [1.82, 2.24) is 29.6 Å². The average molecular weight is 838 g/mol. The molecule has 0 atom stereocenters. The third kappa shape index (κ3) is 7.07. The van der Waals surface area contributed by atoms with Gasteiger partial charge in [-0.2, -0.15) is 0 Å². The number of sulfonamides is 1. The molecular weight excluding hydrogens is 779 g/mol. The Labute approximate surface area is 335 Å². The second kappa shape index (κ2) is 16.4. The van der Waals surface area contributed by atoms with Gasteiger partial charge in [-0.15, -0.1) is 0 Å². The Kier molecular flexibility index (Phi) is 12.8. The summed E-state index contributed by atoms with van der Waals surface area (Å²) >= 11 is 0. The second-order valence-corrected chi connectivity index (χ2v) is 16.3. The fraction of sp³-hybridized carbons (Fsp3) is 0.488. The number of aryl methyl sites for hydroxylation is 4. The first-order valence-corrected chi connectivity index (χ1v) is 21.1. The van der Waals surface area contributed by atoms with Crippen LogP contribution in [0.5, 0.6) is 0 Å². The smallest absolute Gasteiger partial charge is 0.240 e. The van der Waals surface area contributed by atoms with Gasteiger partial charge in [0.25, 0.3) is 0 Å². The van der Waals surface area contributed by atoms with Crippen molar-refractivity contribution in [2.75, 3.05) is 27.2 Å². The Bertz CT molecular complexity index is 2330. The monoisotopic (exact) mass is 837 g/mol. The number of H-pyrrole nitrogens is 2. The molecule has 53 heavy (non-hydrogen) atoms. The van der Waals surface area contributed by atoms with Gasteiger partial charge in [-0.1, -0.05) is 55.4 Å². The van der Waals surface area contributed by atoms with E-state index in [0.29, 0.717) is 13.1 Å². The molecule has 3 N–H and O–H groups in total. The second-order valence-electron chi connectivity index (χ2n) is 14.5. The van der Waals surface area contributed by atoms with E-state index >= 15 is 0 Å². The molecule has 8 nitrogen and oxygen atoms in total. The first-order valence-electron chi connectivity index (χ1n) is 19.6. The Morgan fingerprint density at radius 3 is 1.70 bits per heavy atom. The molecule has 0 spiro atoms. The van der Waals surface area contributed by atoms with Gasteiger partial charge < -0.3 is 14.9 Å². The molecule has 3 aromatic heterocycles. The normalized spacial score (nSPS) is 14.2. The molecule has 281 valence electrons. The van der Waals surface area contributed by atoms with Crippen LogP contribution in [0.15, 0.2) is 35.2 Å². The molecule has 6 rings (SSSR count). The number of aromatic amines is 2. The topological polar surface area (TPSA) is 107 Å². The van der Waals surface area contributed by atoms with E-state index in [1.54, 1.807) is 0 Å². The molecule has 4 aromatic rings. The summed E-state index contributed by atoms with van der Waals surface area (Å²) in [5.74, 6) is 0. The predicted molar refractivity (Wildman–Crippen MR) is 224 cm³/mol. The Morgan fingerprint density at radius 1 is 0.679 bits per heavy atom. The maximum atomic E-state index is 14.1. The number of benzene rings is 1. The van der Waals surface area contributed by atoms with Gasteiger partial charge in [0, 0.05) is 71.8 Å². The molecule has 3 radical (unpaired) electrons. The fourth-order valence-electron chi connectivity index (χ4n) is 8.88. The summed E-state index contributed by atoms with van der Waals surface area (Å²) < 4.78 is 31.1. The van der Waals surface area contributed by atoms with Crippen LogP contribution in [0.25, 0.3) is 44.1 Å². The van der Waals surface area contributed by atoms with Gasteiger partial charge >= 0.3 is 0 Å². The van der Waals surface area contributed by atoms with Gasteiger partial charge in [-0.05, 0) is 135 Å². The summed E-state index contributed by atoms with van der Waals surface area (Å²) in [7, 11) is 0.0563. The maximum Gasteiger partial charge on any atom is 0.240 e. The van der Waals surface area contributed by atoms with Crippen molar-refractivity contribution in [3.05, 3.63) is 75.2 Å². The molecule has 8 bridgehead atoms. The Morgan fingerprint density at radius 2 is 1.21 bits per heavy atom. The maximum absolute atomic E-state index is 14.1. The molecule has 5 heterocycles. The van der Waals surface area contributed by atoms with Crippen molar-refractivity contribution in [2.24, 2.45) is 0 Å². The number of hydrogen-bond acceptors (Lipinski definition) is 5. The van der Waals surface area contributed by atoms with E-state index in [1.165, 1.54) is 27.8 Å². The molecule has 10 heteroatoms. The minimum Gasteiger partial charge on any atom is -0.355 e. The zero-order chi connectivity index (χ0) is 37.5. The van der Waals surface area contributed by atoms with Crippen molar-refractivity contribution < 1.29 is 8.42 Å². The Balaban J connectivity index is 0.00000541. The average Bonchev–Trinajstić information content (AvgIpc) is 3.85. The largest absolute Gasteiger partial charge is 0.355 e. The van der Waals surface area contributed by atoms with Gasteiger partial charge in [0.05, 0.1) is 27.5 Å². The van der Waals surface area contributed by atoms with Crippen LogP contribution in [-0.4, -0.2) is 86.3 Å². The van der Waals surface area contributed by atoms with Crippen molar-refractivity contribution >= 4 is 80.0 Å². The van der Waals surface area contributed by atoms with Crippen LogP contribution in [0, 0.1) is 0 Å². The van der Waals surface area contributed by atoms with Crippen LogP contribution in [0.4, 0.5) is 0 Å². The standard InChI is InChI=1S/C43H58N6O2S.In/c1-11-27-28(12-2)37-24-38-31(15-5)32(16-6)41(47-38)33-21-26(52(50,51)44-19-20-49(9)10)22-34-42(33)48-40(43(34,17-7)18-8)25-39-30(14-4)29(13-3)36(46-39)23-35(27)45-37;/h21-25,44-46H,11-20H2,1-10H3;. The Hall–Kier alpha value is -2.92. The van der Waals surface area contributed by atoms with Crippen LogP contribution in [0.2, 0.25) is 0 Å². The molecule has 1 aromatic carbocycles. The van der Waals surface area contributed by atoms with Gasteiger partial charge in [0.15, 0.2) is 0 Å². The molecule has 0 fully saturated rings. The minimum atomic E-state index is -3.84. The van der Waals surface area contributed by atoms with Gasteiger partial charge in [0.2, 0.25) is 10.0 Å². The van der Waals surface area contributed by atoms with Crippen molar-refractivity contribution in [3.8, 4) is 0 Å². The number of allylic oxidation sites excluding steroid dienone is 2. The molecule has 0 unspecified atom stereocenters. The summed E-state index contributed by atoms with van der Waals surface area (Å²) in [6, 6.07) is 10.5. The van der Waals surface area contributed by atoms with E-state index in [4.69, 9.17) is 9.97 Å². The zero-order valence-electron chi connectivity index (χ0n) is 33.6. The number of rotatable bonds is 13. The zero-order valence-corrected chi connectivity index (χ0v) is 37.7. The number of nitrogens with one attached hydrogen (secondary N) is 3. The van der Waals surface area contributed by atoms with Crippen LogP contribution >= 0.6 is 0 Å². The first kappa shape index (κ1) is 41.2. The molecule has 0 amide bonds. The molecule has 0 aliphatic carbocycles. The molecule has 0 saturated heterocycles. The minimum absolute atomic E-state index is 0. The van der Waals surface area contributed by atoms with E-state index in [0.717, 1.165) is 113 Å². The van der Waals surface area contributed by atoms with E-state index in [1.807, 2.05) is 31.1 Å². The third-order valence-electron chi connectivity index (χ3n) is 11.7. The van der Waals surface area contributed by atoms with Crippen molar-refractivity contribution in [2.45, 2.75) is 117 Å².